The Bertz CT molecular complexity index is 980. The molecule has 3 aromatic rings. The van der Waals surface area contributed by atoms with E-state index in [0.29, 0.717) is 5.11 Å². The van der Waals surface area contributed by atoms with Crippen molar-refractivity contribution in [2.45, 2.75) is 32.1 Å². The molecule has 0 saturated carbocycles. The molecule has 0 fully saturated rings. The summed E-state index contributed by atoms with van der Waals surface area (Å²) in [5, 5.41) is 7.20. The van der Waals surface area contributed by atoms with Crippen molar-refractivity contribution in [3.8, 4) is 0 Å². The van der Waals surface area contributed by atoms with Gasteiger partial charge in [-0.2, -0.15) is 0 Å². The van der Waals surface area contributed by atoms with Crippen LogP contribution in [0.4, 0.5) is 5.69 Å². The van der Waals surface area contributed by atoms with Crippen molar-refractivity contribution < 1.29 is 0 Å². The van der Waals surface area contributed by atoms with Crippen LogP contribution in [0.3, 0.4) is 0 Å². The lowest BCUT2D eigenvalue weighted by Gasteiger charge is -2.14. The number of hydrogen-bond donors (Lipinski definition) is 2. The zero-order chi connectivity index (χ0) is 17.8. The second-order valence-corrected chi connectivity index (χ2v) is 7.06. The minimum absolute atomic E-state index is 0.648. The lowest BCUT2D eigenvalue weighted by molar-refractivity contribution is 0.669. The molecule has 0 atom stereocenters. The van der Waals surface area contributed by atoms with Crippen molar-refractivity contribution in [3.63, 3.8) is 0 Å². The number of nitrogens with one attached hydrogen (secondary N) is 2. The second kappa shape index (κ2) is 7.79. The van der Waals surface area contributed by atoms with E-state index in [1.807, 2.05) is 42.5 Å². The van der Waals surface area contributed by atoms with E-state index in [0.717, 1.165) is 40.7 Å². The number of nitrogens with zero attached hydrogens (tertiary/aromatic N) is 2. The number of aromatic nitrogens is 2. The van der Waals surface area contributed by atoms with Gasteiger partial charge in [0.25, 0.3) is 0 Å². The van der Waals surface area contributed by atoms with Crippen LogP contribution in [0.2, 0.25) is 0 Å². The van der Waals surface area contributed by atoms with E-state index in [2.05, 4.69) is 21.7 Å². The first-order chi connectivity index (χ1) is 12.8. The van der Waals surface area contributed by atoms with E-state index in [4.69, 9.17) is 17.2 Å². The number of rotatable bonds is 4. The first kappa shape index (κ1) is 16.9. The molecule has 0 bridgehead atoms. The third-order valence-electron chi connectivity index (χ3n) is 4.71. The Kier molecular flexibility index (Phi) is 5.07. The summed E-state index contributed by atoms with van der Waals surface area (Å²) in [5.74, 6) is 0. The highest BCUT2D eigenvalue weighted by Gasteiger charge is 2.05. The fourth-order valence-electron chi connectivity index (χ4n) is 3.34. The molecule has 2 aromatic carbocycles. The molecule has 0 aliphatic heterocycles. The summed E-state index contributed by atoms with van der Waals surface area (Å²) >= 11 is 5.42. The smallest absolute Gasteiger partial charge is 0.170 e. The number of para-hydroxylation sites is 2. The number of benzene rings is 2. The van der Waals surface area contributed by atoms with Gasteiger partial charge in [0.15, 0.2) is 5.11 Å². The molecule has 1 aliphatic carbocycles. The highest BCUT2D eigenvalue weighted by molar-refractivity contribution is 7.80. The van der Waals surface area contributed by atoms with Gasteiger partial charge in [0.2, 0.25) is 0 Å². The summed E-state index contributed by atoms with van der Waals surface area (Å²) < 4.78 is 0. The summed E-state index contributed by atoms with van der Waals surface area (Å²) in [5.41, 5.74) is 6.05. The lowest BCUT2D eigenvalue weighted by Crippen LogP contribution is -2.29. The molecular weight excluding hydrogens is 340 g/mol. The Labute approximate surface area is 158 Å². The van der Waals surface area contributed by atoms with Gasteiger partial charge in [-0.3, -0.25) is 0 Å². The van der Waals surface area contributed by atoms with Crippen molar-refractivity contribution in [2.24, 2.45) is 0 Å². The van der Waals surface area contributed by atoms with Crippen molar-refractivity contribution in [1.29, 1.82) is 0 Å². The van der Waals surface area contributed by atoms with Crippen LogP contribution in [-0.4, -0.2) is 21.6 Å². The standard InChI is InChI=1S/C21H22N4S/c26-21(22-13-12-15-6-2-1-3-7-15)23-16-10-11-19-20(14-16)25-18-9-5-4-8-17(18)24-19/h4-6,8-11,14H,1-3,7,12-13H2,(H2,22,23,26). The molecule has 0 radical (unpaired) electrons. The van der Waals surface area contributed by atoms with Crippen molar-refractivity contribution in [2.75, 3.05) is 11.9 Å². The molecular formula is C21H22N4S. The molecule has 1 aromatic heterocycles. The zero-order valence-corrected chi connectivity index (χ0v) is 15.5. The number of hydrogen-bond acceptors (Lipinski definition) is 3. The summed E-state index contributed by atoms with van der Waals surface area (Å²) in [4.78, 5) is 9.35. The van der Waals surface area contributed by atoms with Gasteiger partial charge in [0, 0.05) is 12.2 Å². The number of fused-ring (bicyclic) bond motifs is 2. The molecule has 5 heteroatoms. The predicted octanol–water partition coefficient (Wildman–Crippen LogP) is 4.96. The lowest BCUT2D eigenvalue weighted by atomic mass is 9.97. The van der Waals surface area contributed by atoms with E-state index in [9.17, 15) is 0 Å². The van der Waals surface area contributed by atoms with Crippen LogP contribution < -0.4 is 10.6 Å². The van der Waals surface area contributed by atoms with Crippen LogP contribution >= 0.6 is 12.2 Å². The van der Waals surface area contributed by atoms with Crippen LogP contribution in [0, 0.1) is 0 Å². The van der Waals surface area contributed by atoms with E-state index >= 15 is 0 Å². The number of thiocarbonyl (C=S) groups is 1. The summed E-state index contributed by atoms with van der Waals surface area (Å²) in [6.07, 6.45) is 8.56. The molecule has 0 amide bonds. The summed E-state index contributed by atoms with van der Waals surface area (Å²) in [6, 6.07) is 13.9. The SMILES string of the molecule is S=C(NCCC1=CCCCC1)Nc1ccc2nc3ccccc3nc2c1. The molecule has 26 heavy (non-hydrogen) atoms. The minimum Gasteiger partial charge on any atom is -0.362 e. The Morgan fingerprint density at radius 2 is 1.73 bits per heavy atom. The summed E-state index contributed by atoms with van der Waals surface area (Å²) in [7, 11) is 0. The Morgan fingerprint density at radius 1 is 0.962 bits per heavy atom. The third kappa shape index (κ3) is 3.99. The normalized spacial score (nSPS) is 14.2. The fourth-order valence-corrected chi connectivity index (χ4v) is 3.56. The molecule has 2 N–H and O–H groups in total. The number of allylic oxidation sites excluding steroid dienone is 1. The first-order valence-electron chi connectivity index (χ1n) is 9.17. The molecule has 0 unspecified atom stereocenters. The van der Waals surface area contributed by atoms with Gasteiger partial charge < -0.3 is 10.6 Å². The second-order valence-electron chi connectivity index (χ2n) is 6.65. The maximum absolute atomic E-state index is 5.42. The average Bonchev–Trinajstić information content (AvgIpc) is 2.67. The quantitative estimate of drug-likeness (QED) is 0.390. The van der Waals surface area contributed by atoms with Gasteiger partial charge in [-0.25, -0.2) is 9.97 Å². The van der Waals surface area contributed by atoms with Gasteiger partial charge in [0.05, 0.1) is 22.1 Å². The van der Waals surface area contributed by atoms with Gasteiger partial charge in [-0.05, 0) is 74.7 Å². The first-order valence-corrected chi connectivity index (χ1v) is 9.58. The highest BCUT2D eigenvalue weighted by Crippen LogP contribution is 2.20. The van der Waals surface area contributed by atoms with E-state index in [-0.39, 0.29) is 0 Å². The van der Waals surface area contributed by atoms with Crippen molar-refractivity contribution in [1.82, 2.24) is 15.3 Å². The monoisotopic (exact) mass is 362 g/mol. The molecule has 1 heterocycles. The number of anilines is 1. The van der Waals surface area contributed by atoms with E-state index in [1.54, 1.807) is 5.57 Å². The fraction of sp³-hybridized carbons (Fsp3) is 0.286. The molecule has 4 nitrogen and oxygen atoms in total. The van der Waals surface area contributed by atoms with Gasteiger partial charge in [-0.15, -0.1) is 0 Å². The Morgan fingerprint density at radius 3 is 2.50 bits per heavy atom. The molecule has 1 aliphatic rings. The summed E-state index contributed by atoms with van der Waals surface area (Å²) in [6.45, 7) is 0.871. The highest BCUT2D eigenvalue weighted by atomic mass is 32.1. The van der Waals surface area contributed by atoms with Crippen LogP contribution in [0.25, 0.3) is 22.1 Å². The van der Waals surface area contributed by atoms with Crippen LogP contribution in [-0.2, 0) is 0 Å². The van der Waals surface area contributed by atoms with Crippen molar-refractivity contribution in [3.05, 3.63) is 54.1 Å². The Hall–Kier alpha value is -2.53. The Balaban J connectivity index is 1.40. The van der Waals surface area contributed by atoms with Gasteiger partial charge in [0.1, 0.15) is 0 Å². The minimum atomic E-state index is 0.648. The van der Waals surface area contributed by atoms with E-state index < -0.39 is 0 Å². The van der Waals surface area contributed by atoms with Gasteiger partial charge in [-0.1, -0.05) is 23.8 Å². The molecule has 0 spiro atoms. The molecule has 132 valence electrons. The maximum Gasteiger partial charge on any atom is 0.170 e. The molecule has 0 saturated heterocycles. The average molecular weight is 363 g/mol. The van der Waals surface area contributed by atoms with Crippen LogP contribution in [0.1, 0.15) is 32.1 Å². The van der Waals surface area contributed by atoms with Crippen molar-refractivity contribution >= 4 is 45.1 Å². The maximum atomic E-state index is 5.42. The topological polar surface area (TPSA) is 49.8 Å². The largest absolute Gasteiger partial charge is 0.362 e. The van der Waals surface area contributed by atoms with E-state index in [1.165, 1.54) is 25.7 Å². The molecule has 4 rings (SSSR count). The third-order valence-corrected chi connectivity index (χ3v) is 4.96. The van der Waals surface area contributed by atoms with Crippen LogP contribution in [0.15, 0.2) is 54.1 Å². The van der Waals surface area contributed by atoms with Gasteiger partial charge >= 0.3 is 0 Å². The van der Waals surface area contributed by atoms with Crippen LogP contribution in [0.5, 0.6) is 0 Å². The predicted molar refractivity (Wildman–Crippen MR) is 112 cm³/mol. The zero-order valence-electron chi connectivity index (χ0n) is 14.7.